The van der Waals surface area contributed by atoms with Crippen molar-refractivity contribution in [3.05, 3.63) is 59.7 Å². The zero-order chi connectivity index (χ0) is 19.9. The van der Waals surface area contributed by atoms with Gasteiger partial charge in [-0.3, -0.25) is 9.59 Å². The van der Waals surface area contributed by atoms with Crippen molar-refractivity contribution >= 4 is 17.5 Å². The van der Waals surface area contributed by atoms with Gasteiger partial charge in [-0.2, -0.15) is 0 Å². The molecular weight excluding hydrogens is 352 g/mol. The van der Waals surface area contributed by atoms with Gasteiger partial charge in [0.15, 0.2) is 6.10 Å². The predicted molar refractivity (Wildman–Crippen MR) is 111 cm³/mol. The Morgan fingerprint density at radius 1 is 0.964 bits per heavy atom. The second kappa shape index (κ2) is 9.40. The number of rotatable bonds is 6. The Hall–Kier alpha value is -2.82. The van der Waals surface area contributed by atoms with E-state index in [1.807, 2.05) is 31.2 Å². The largest absolute Gasteiger partial charge is 0.481 e. The molecule has 2 aromatic carbocycles. The third-order valence-corrected chi connectivity index (χ3v) is 5.06. The van der Waals surface area contributed by atoms with E-state index in [9.17, 15) is 9.59 Å². The molecular formula is C23H28N2O3. The van der Waals surface area contributed by atoms with Crippen molar-refractivity contribution < 1.29 is 14.3 Å². The zero-order valence-electron chi connectivity index (χ0n) is 16.5. The molecule has 1 aliphatic carbocycles. The highest BCUT2D eigenvalue weighted by Gasteiger charge is 2.18. The summed E-state index contributed by atoms with van der Waals surface area (Å²) in [6.07, 6.45) is 5.08. The van der Waals surface area contributed by atoms with E-state index in [-0.39, 0.29) is 17.9 Å². The summed E-state index contributed by atoms with van der Waals surface area (Å²) in [4.78, 5) is 24.7. The fourth-order valence-corrected chi connectivity index (χ4v) is 3.34. The van der Waals surface area contributed by atoms with Gasteiger partial charge in [-0.25, -0.2) is 0 Å². The molecule has 1 atom stereocenters. The predicted octanol–water partition coefficient (Wildman–Crippen LogP) is 4.46. The monoisotopic (exact) mass is 380 g/mol. The lowest BCUT2D eigenvalue weighted by Gasteiger charge is -2.22. The van der Waals surface area contributed by atoms with E-state index < -0.39 is 6.10 Å². The molecule has 148 valence electrons. The van der Waals surface area contributed by atoms with E-state index in [1.54, 1.807) is 31.2 Å². The van der Waals surface area contributed by atoms with Crippen molar-refractivity contribution in [1.29, 1.82) is 0 Å². The van der Waals surface area contributed by atoms with Crippen LogP contribution in [0.25, 0.3) is 0 Å². The van der Waals surface area contributed by atoms with Crippen LogP contribution in [0.15, 0.2) is 48.5 Å². The minimum Gasteiger partial charge on any atom is -0.481 e. The standard InChI is InChI=1S/C23H28N2O3/c1-16-8-12-20(13-9-16)24-22(26)17(2)28-21-14-10-18(11-15-21)23(27)25-19-6-4-3-5-7-19/h8-15,17,19H,3-7H2,1-2H3,(H,24,26)(H,25,27)/t17-/m1/s1. The lowest BCUT2D eigenvalue weighted by Crippen LogP contribution is -2.36. The summed E-state index contributed by atoms with van der Waals surface area (Å²) in [7, 11) is 0. The number of nitrogens with one attached hydrogen (secondary N) is 2. The topological polar surface area (TPSA) is 67.4 Å². The molecule has 0 bridgehead atoms. The first-order chi connectivity index (χ1) is 13.5. The van der Waals surface area contributed by atoms with Crippen molar-refractivity contribution in [3.8, 4) is 5.75 Å². The number of carbonyl (C=O) groups excluding carboxylic acids is 2. The minimum atomic E-state index is -0.650. The number of hydrogen-bond acceptors (Lipinski definition) is 3. The van der Waals surface area contributed by atoms with Crippen molar-refractivity contribution in [1.82, 2.24) is 5.32 Å². The fourth-order valence-electron chi connectivity index (χ4n) is 3.34. The van der Waals surface area contributed by atoms with Gasteiger partial charge in [0.1, 0.15) is 5.75 Å². The number of carbonyl (C=O) groups is 2. The molecule has 0 spiro atoms. The van der Waals surface area contributed by atoms with Crippen LogP contribution in [-0.2, 0) is 4.79 Å². The Labute approximate surface area is 166 Å². The van der Waals surface area contributed by atoms with Crippen LogP contribution in [0.1, 0.15) is 54.9 Å². The van der Waals surface area contributed by atoms with E-state index in [2.05, 4.69) is 10.6 Å². The summed E-state index contributed by atoms with van der Waals surface area (Å²) in [5.41, 5.74) is 2.48. The highest BCUT2D eigenvalue weighted by molar-refractivity contribution is 5.95. The molecule has 5 nitrogen and oxygen atoms in total. The van der Waals surface area contributed by atoms with Crippen LogP contribution >= 0.6 is 0 Å². The quantitative estimate of drug-likeness (QED) is 0.777. The molecule has 28 heavy (non-hydrogen) atoms. The molecule has 0 radical (unpaired) electrons. The Balaban J connectivity index is 1.51. The number of ether oxygens (including phenoxy) is 1. The normalized spacial score (nSPS) is 15.5. The summed E-state index contributed by atoms with van der Waals surface area (Å²) >= 11 is 0. The fraction of sp³-hybridized carbons (Fsp3) is 0.391. The van der Waals surface area contributed by atoms with Crippen LogP contribution in [0.2, 0.25) is 0 Å². The third kappa shape index (κ3) is 5.59. The zero-order valence-corrected chi connectivity index (χ0v) is 16.5. The molecule has 0 unspecified atom stereocenters. The second-order valence-electron chi connectivity index (χ2n) is 7.45. The minimum absolute atomic E-state index is 0.0522. The molecule has 0 aliphatic heterocycles. The maximum Gasteiger partial charge on any atom is 0.265 e. The summed E-state index contributed by atoms with van der Waals surface area (Å²) < 4.78 is 5.71. The van der Waals surface area contributed by atoms with Gasteiger partial charge < -0.3 is 15.4 Å². The molecule has 3 rings (SSSR count). The second-order valence-corrected chi connectivity index (χ2v) is 7.45. The van der Waals surface area contributed by atoms with Gasteiger partial charge in [-0.15, -0.1) is 0 Å². The van der Waals surface area contributed by atoms with Crippen molar-refractivity contribution in [2.45, 2.75) is 58.1 Å². The van der Waals surface area contributed by atoms with E-state index in [0.29, 0.717) is 11.3 Å². The average Bonchev–Trinajstić information content (AvgIpc) is 2.71. The number of aryl methyl sites for hydroxylation is 1. The SMILES string of the molecule is Cc1ccc(NC(=O)[C@@H](C)Oc2ccc(C(=O)NC3CCCCC3)cc2)cc1. The first-order valence-electron chi connectivity index (χ1n) is 9.96. The van der Waals surface area contributed by atoms with Crippen molar-refractivity contribution in [2.24, 2.45) is 0 Å². The van der Waals surface area contributed by atoms with Crippen LogP contribution in [0.4, 0.5) is 5.69 Å². The van der Waals surface area contributed by atoms with Crippen LogP contribution in [0.3, 0.4) is 0 Å². The highest BCUT2D eigenvalue weighted by atomic mass is 16.5. The van der Waals surface area contributed by atoms with Gasteiger partial charge in [0, 0.05) is 17.3 Å². The molecule has 2 amide bonds. The van der Waals surface area contributed by atoms with Gasteiger partial charge in [0.05, 0.1) is 0 Å². The molecule has 5 heteroatoms. The molecule has 1 saturated carbocycles. The summed E-state index contributed by atoms with van der Waals surface area (Å²) in [6, 6.07) is 14.8. The number of benzene rings is 2. The third-order valence-electron chi connectivity index (χ3n) is 5.06. The van der Waals surface area contributed by atoms with E-state index >= 15 is 0 Å². The molecule has 1 fully saturated rings. The molecule has 2 aromatic rings. The summed E-state index contributed by atoms with van der Waals surface area (Å²) in [6.45, 7) is 3.70. The summed E-state index contributed by atoms with van der Waals surface area (Å²) in [5, 5.41) is 5.94. The first kappa shape index (κ1) is 19.9. The molecule has 0 heterocycles. The molecule has 0 saturated heterocycles. The number of hydrogen-bond donors (Lipinski definition) is 2. The van der Waals surface area contributed by atoms with Gasteiger partial charge in [-0.05, 0) is 63.1 Å². The van der Waals surface area contributed by atoms with Gasteiger partial charge >= 0.3 is 0 Å². The molecule has 0 aromatic heterocycles. The van der Waals surface area contributed by atoms with Gasteiger partial charge in [-0.1, -0.05) is 37.0 Å². The highest BCUT2D eigenvalue weighted by Crippen LogP contribution is 2.19. The number of amides is 2. The van der Waals surface area contributed by atoms with Crippen LogP contribution < -0.4 is 15.4 Å². The van der Waals surface area contributed by atoms with Crippen molar-refractivity contribution in [3.63, 3.8) is 0 Å². The Kier molecular flexibility index (Phi) is 6.69. The van der Waals surface area contributed by atoms with E-state index in [4.69, 9.17) is 4.74 Å². The molecule has 1 aliphatic rings. The average molecular weight is 380 g/mol. The lowest BCUT2D eigenvalue weighted by atomic mass is 9.95. The van der Waals surface area contributed by atoms with Gasteiger partial charge in [0.2, 0.25) is 0 Å². The lowest BCUT2D eigenvalue weighted by molar-refractivity contribution is -0.122. The van der Waals surface area contributed by atoms with Crippen LogP contribution in [0.5, 0.6) is 5.75 Å². The number of anilines is 1. The maximum atomic E-state index is 12.4. The Bertz CT molecular complexity index is 794. The summed E-state index contributed by atoms with van der Waals surface area (Å²) in [5.74, 6) is 0.285. The Morgan fingerprint density at radius 2 is 1.61 bits per heavy atom. The first-order valence-corrected chi connectivity index (χ1v) is 9.96. The maximum absolute atomic E-state index is 12.4. The van der Waals surface area contributed by atoms with Crippen LogP contribution in [0, 0.1) is 6.92 Å². The van der Waals surface area contributed by atoms with Crippen molar-refractivity contribution in [2.75, 3.05) is 5.32 Å². The van der Waals surface area contributed by atoms with E-state index in [0.717, 1.165) is 24.1 Å². The van der Waals surface area contributed by atoms with Crippen LogP contribution in [-0.4, -0.2) is 24.0 Å². The van der Waals surface area contributed by atoms with E-state index in [1.165, 1.54) is 19.3 Å². The van der Waals surface area contributed by atoms with Gasteiger partial charge in [0.25, 0.3) is 11.8 Å². The Morgan fingerprint density at radius 3 is 2.25 bits per heavy atom. The molecule has 2 N–H and O–H groups in total. The smallest absolute Gasteiger partial charge is 0.265 e.